The maximum Gasteiger partial charge on any atom is 0.243 e. The third kappa shape index (κ3) is 4.52. The molecule has 0 N–H and O–H groups in total. The van der Waals surface area contributed by atoms with E-state index < -0.39 is 10.0 Å². The minimum absolute atomic E-state index is 0.228. The smallest absolute Gasteiger partial charge is 0.243 e. The fraction of sp³-hybridized carbons (Fsp3) is 0.409. The second kappa shape index (κ2) is 8.90. The number of benzene rings is 2. The van der Waals surface area contributed by atoms with E-state index in [0.29, 0.717) is 18.0 Å². The maximum absolute atomic E-state index is 12.9. The lowest BCUT2D eigenvalue weighted by molar-refractivity contribution is 0.445. The summed E-state index contributed by atoms with van der Waals surface area (Å²) in [7, 11) is -3.50. The van der Waals surface area contributed by atoms with E-state index in [-0.39, 0.29) is 6.04 Å². The zero-order chi connectivity index (χ0) is 21.2. The molecule has 29 heavy (non-hydrogen) atoms. The van der Waals surface area contributed by atoms with Gasteiger partial charge in [-0.15, -0.1) is 0 Å². The molecule has 1 aromatic heterocycles. The van der Waals surface area contributed by atoms with Crippen LogP contribution in [0, 0.1) is 6.92 Å². The topological polar surface area (TPSA) is 55.2 Å². The van der Waals surface area contributed by atoms with Crippen molar-refractivity contribution in [2.75, 3.05) is 13.1 Å². The van der Waals surface area contributed by atoms with Crippen LogP contribution >= 0.6 is 11.8 Å². The highest BCUT2D eigenvalue weighted by atomic mass is 32.2. The van der Waals surface area contributed by atoms with Crippen LogP contribution in [0.2, 0.25) is 0 Å². The Morgan fingerprint density at radius 3 is 2.31 bits per heavy atom. The summed E-state index contributed by atoms with van der Waals surface area (Å²) in [4.78, 5) is 5.10. The van der Waals surface area contributed by atoms with Gasteiger partial charge >= 0.3 is 0 Å². The molecule has 7 heteroatoms. The van der Waals surface area contributed by atoms with Crippen LogP contribution in [0.15, 0.2) is 52.5 Å². The highest BCUT2D eigenvalue weighted by Crippen LogP contribution is 2.31. The largest absolute Gasteiger partial charge is 0.316 e. The van der Waals surface area contributed by atoms with Crippen molar-refractivity contribution in [2.24, 2.45) is 0 Å². The second-order valence-corrected chi connectivity index (χ2v) is 10.3. The summed E-state index contributed by atoms with van der Waals surface area (Å²) in [5.74, 6) is 0.820. The summed E-state index contributed by atoms with van der Waals surface area (Å²) in [6.07, 6.45) is 0. The Kier molecular flexibility index (Phi) is 6.71. The van der Waals surface area contributed by atoms with Crippen molar-refractivity contribution in [3.8, 4) is 0 Å². The van der Waals surface area contributed by atoms with Gasteiger partial charge in [-0.25, -0.2) is 13.4 Å². The zero-order valence-corrected chi connectivity index (χ0v) is 19.3. The van der Waals surface area contributed by atoms with E-state index in [1.807, 2.05) is 19.9 Å². The number of fused-ring (bicyclic) bond motifs is 1. The van der Waals surface area contributed by atoms with Crippen LogP contribution in [-0.4, -0.2) is 35.4 Å². The summed E-state index contributed by atoms with van der Waals surface area (Å²) >= 11 is 1.68. The van der Waals surface area contributed by atoms with Gasteiger partial charge in [0.25, 0.3) is 0 Å². The van der Waals surface area contributed by atoms with Gasteiger partial charge in [-0.1, -0.05) is 55.4 Å². The van der Waals surface area contributed by atoms with Gasteiger partial charge in [0.2, 0.25) is 10.0 Å². The number of imidazole rings is 1. The Morgan fingerprint density at radius 1 is 1.07 bits per heavy atom. The van der Waals surface area contributed by atoms with Gasteiger partial charge in [0, 0.05) is 24.9 Å². The van der Waals surface area contributed by atoms with E-state index in [4.69, 9.17) is 4.98 Å². The number of hydrogen-bond acceptors (Lipinski definition) is 4. The summed E-state index contributed by atoms with van der Waals surface area (Å²) in [6.45, 7) is 10.9. The van der Waals surface area contributed by atoms with E-state index in [2.05, 4.69) is 49.6 Å². The lowest BCUT2D eigenvalue weighted by Crippen LogP contribution is -2.30. The van der Waals surface area contributed by atoms with Crippen LogP contribution in [0.5, 0.6) is 0 Å². The quantitative estimate of drug-likeness (QED) is 0.457. The molecule has 0 aliphatic carbocycles. The fourth-order valence-electron chi connectivity index (χ4n) is 3.36. The van der Waals surface area contributed by atoms with Crippen LogP contribution in [0.3, 0.4) is 0 Å². The summed E-state index contributed by atoms with van der Waals surface area (Å²) in [5.41, 5.74) is 4.17. The van der Waals surface area contributed by atoms with E-state index in [1.54, 1.807) is 23.9 Å². The molecule has 0 bridgehead atoms. The monoisotopic (exact) mass is 431 g/mol. The number of aryl methyl sites for hydroxylation is 1. The minimum atomic E-state index is -3.50. The molecule has 0 unspecified atom stereocenters. The van der Waals surface area contributed by atoms with Gasteiger partial charge in [0.05, 0.1) is 15.9 Å². The SMILES string of the molecule is CCN(CC)S(=O)(=O)c1ccc2c(c1)nc(SCc1ccc(C)cc1)n2C(C)C. The molecule has 0 radical (unpaired) electrons. The van der Waals surface area contributed by atoms with Crippen molar-refractivity contribution < 1.29 is 8.42 Å². The number of thioether (sulfide) groups is 1. The molecule has 0 saturated heterocycles. The predicted octanol–water partition coefficient (Wildman–Crippen LogP) is 5.25. The van der Waals surface area contributed by atoms with Crippen LogP contribution in [-0.2, 0) is 15.8 Å². The van der Waals surface area contributed by atoms with Crippen molar-refractivity contribution >= 4 is 32.8 Å². The van der Waals surface area contributed by atoms with Gasteiger partial charge in [-0.2, -0.15) is 4.31 Å². The summed E-state index contributed by atoms with van der Waals surface area (Å²) in [6, 6.07) is 14.0. The number of nitrogens with zero attached hydrogens (tertiary/aromatic N) is 3. The molecule has 0 aliphatic heterocycles. The average molecular weight is 432 g/mol. The van der Waals surface area contributed by atoms with Gasteiger partial charge in [-0.3, -0.25) is 0 Å². The molecular weight excluding hydrogens is 402 g/mol. The van der Waals surface area contributed by atoms with Crippen LogP contribution < -0.4 is 0 Å². The van der Waals surface area contributed by atoms with Crippen molar-refractivity contribution in [1.82, 2.24) is 13.9 Å². The Morgan fingerprint density at radius 2 is 1.72 bits per heavy atom. The van der Waals surface area contributed by atoms with Gasteiger partial charge in [0.15, 0.2) is 5.16 Å². The molecule has 2 aromatic carbocycles. The van der Waals surface area contributed by atoms with Crippen molar-refractivity contribution in [2.45, 2.75) is 56.5 Å². The number of rotatable bonds is 8. The molecule has 156 valence electrons. The molecule has 0 saturated carbocycles. The Balaban J connectivity index is 1.98. The van der Waals surface area contributed by atoms with E-state index in [9.17, 15) is 8.42 Å². The lowest BCUT2D eigenvalue weighted by Gasteiger charge is -2.18. The molecule has 5 nitrogen and oxygen atoms in total. The standard InChI is InChI=1S/C22H29N3O2S2/c1-6-24(7-2)29(26,27)19-12-13-21-20(14-19)23-22(25(21)16(3)4)28-15-18-10-8-17(5)9-11-18/h8-14,16H,6-7,15H2,1-5H3. The first kappa shape index (κ1) is 21.9. The van der Waals surface area contributed by atoms with E-state index in [1.165, 1.54) is 15.4 Å². The van der Waals surface area contributed by atoms with Gasteiger partial charge in [0.1, 0.15) is 0 Å². The molecule has 1 heterocycles. The molecule has 3 rings (SSSR count). The molecule has 0 atom stereocenters. The lowest BCUT2D eigenvalue weighted by atomic mass is 10.2. The average Bonchev–Trinajstić information content (AvgIpc) is 3.06. The summed E-state index contributed by atoms with van der Waals surface area (Å²) < 4.78 is 29.4. The zero-order valence-electron chi connectivity index (χ0n) is 17.7. The predicted molar refractivity (Wildman–Crippen MR) is 121 cm³/mol. The van der Waals surface area contributed by atoms with Crippen LogP contribution in [0.1, 0.15) is 44.9 Å². The fourth-order valence-corrected chi connectivity index (χ4v) is 5.94. The first-order valence-electron chi connectivity index (χ1n) is 9.98. The Labute approximate surface area is 178 Å². The Bertz CT molecular complexity index is 1080. The molecule has 3 aromatic rings. The molecule has 0 aliphatic rings. The van der Waals surface area contributed by atoms with Crippen LogP contribution in [0.25, 0.3) is 11.0 Å². The molecule has 0 amide bonds. The molecule has 0 spiro atoms. The number of aromatic nitrogens is 2. The van der Waals surface area contributed by atoms with Crippen molar-refractivity contribution in [1.29, 1.82) is 0 Å². The first-order valence-corrected chi connectivity index (χ1v) is 12.4. The minimum Gasteiger partial charge on any atom is -0.316 e. The highest BCUT2D eigenvalue weighted by Gasteiger charge is 2.23. The van der Waals surface area contributed by atoms with Gasteiger partial charge < -0.3 is 4.57 Å². The molecular formula is C22H29N3O2S2. The van der Waals surface area contributed by atoms with E-state index >= 15 is 0 Å². The van der Waals surface area contributed by atoms with Crippen LogP contribution in [0.4, 0.5) is 0 Å². The number of hydrogen-bond donors (Lipinski definition) is 0. The third-order valence-corrected chi connectivity index (χ3v) is 8.05. The summed E-state index contributed by atoms with van der Waals surface area (Å²) in [5, 5.41) is 0.910. The molecule has 0 fully saturated rings. The Hall–Kier alpha value is -1.83. The normalized spacial score (nSPS) is 12.4. The van der Waals surface area contributed by atoms with Crippen molar-refractivity contribution in [3.05, 3.63) is 53.6 Å². The number of sulfonamides is 1. The van der Waals surface area contributed by atoms with Crippen molar-refractivity contribution in [3.63, 3.8) is 0 Å². The van der Waals surface area contributed by atoms with Gasteiger partial charge in [-0.05, 0) is 44.5 Å². The highest BCUT2D eigenvalue weighted by molar-refractivity contribution is 7.98. The first-order chi connectivity index (χ1) is 13.8. The van der Waals surface area contributed by atoms with E-state index in [0.717, 1.165) is 21.9 Å². The second-order valence-electron chi connectivity index (χ2n) is 7.37. The third-order valence-electron chi connectivity index (χ3n) is 4.98. The maximum atomic E-state index is 12.9.